The van der Waals surface area contributed by atoms with Crippen molar-refractivity contribution in [3.63, 3.8) is 0 Å². The van der Waals surface area contributed by atoms with Gasteiger partial charge >= 0.3 is 12.0 Å². The number of nitrogens with one attached hydrogen (secondary N) is 2. The largest absolute Gasteiger partial charge is 0.481 e. The highest BCUT2D eigenvalue weighted by Gasteiger charge is 2.15. The standard InChI is InChI=1S/C13H14Br2N2O4/c1-7(5-12(19)20)4-11(18)17-13(21)16-10-6-8(14)2-3-9(10)15/h2-3,6-7H,4-5H2,1H3,(H,19,20)(H2,16,17,18,21). The number of benzene rings is 1. The Morgan fingerprint density at radius 1 is 1.24 bits per heavy atom. The van der Waals surface area contributed by atoms with Crippen LogP contribution in [-0.4, -0.2) is 23.0 Å². The molecule has 21 heavy (non-hydrogen) atoms. The van der Waals surface area contributed by atoms with E-state index in [-0.39, 0.29) is 18.8 Å². The molecule has 0 aliphatic heterocycles. The molecule has 0 radical (unpaired) electrons. The maximum atomic E-state index is 11.7. The van der Waals surface area contributed by atoms with Gasteiger partial charge < -0.3 is 10.4 Å². The van der Waals surface area contributed by atoms with Crippen LogP contribution in [0.3, 0.4) is 0 Å². The van der Waals surface area contributed by atoms with Crippen LogP contribution in [0.25, 0.3) is 0 Å². The molecular formula is C13H14Br2N2O4. The number of rotatable bonds is 5. The van der Waals surface area contributed by atoms with Gasteiger partial charge in [0.2, 0.25) is 5.91 Å². The van der Waals surface area contributed by atoms with Gasteiger partial charge in [-0.05, 0) is 40.0 Å². The van der Waals surface area contributed by atoms with E-state index in [1.54, 1.807) is 25.1 Å². The number of carbonyl (C=O) groups excluding carboxylic acids is 2. The summed E-state index contributed by atoms with van der Waals surface area (Å²) in [6.45, 7) is 1.64. The van der Waals surface area contributed by atoms with Crippen LogP contribution in [0.5, 0.6) is 0 Å². The van der Waals surface area contributed by atoms with Gasteiger partial charge in [-0.15, -0.1) is 0 Å². The Bertz CT molecular complexity index is 563. The van der Waals surface area contributed by atoms with E-state index < -0.39 is 17.9 Å². The fourth-order valence-corrected chi connectivity index (χ4v) is 2.32. The molecule has 6 nitrogen and oxygen atoms in total. The summed E-state index contributed by atoms with van der Waals surface area (Å²) in [5.41, 5.74) is 0.508. The monoisotopic (exact) mass is 420 g/mol. The van der Waals surface area contributed by atoms with Crippen LogP contribution in [0, 0.1) is 5.92 Å². The first-order valence-electron chi connectivity index (χ1n) is 6.05. The maximum absolute atomic E-state index is 11.7. The summed E-state index contributed by atoms with van der Waals surface area (Å²) < 4.78 is 1.45. The molecule has 3 amide bonds. The lowest BCUT2D eigenvalue weighted by Gasteiger charge is -2.11. The SMILES string of the molecule is CC(CC(=O)O)CC(=O)NC(=O)Nc1cc(Br)ccc1Br. The summed E-state index contributed by atoms with van der Waals surface area (Å²) in [6.07, 6.45) is -0.147. The molecule has 0 saturated heterocycles. The molecule has 114 valence electrons. The molecule has 0 spiro atoms. The minimum absolute atomic E-state index is 0.0284. The van der Waals surface area contributed by atoms with Crippen molar-refractivity contribution in [3.05, 3.63) is 27.1 Å². The van der Waals surface area contributed by atoms with Gasteiger partial charge in [-0.25, -0.2) is 4.79 Å². The Balaban J connectivity index is 2.51. The lowest BCUT2D eigenvalue weighted by Crippen LogP contribution is -2.35. The number of hydrogen-bond donors (Lipinski definition) is 3. The Morgan fingerprint density at radius 3 is 2.52 bits per heavy atom. The number of hydrogen-bond acceptors (Lipinski definition) is 3. The topological polar surface area (TPSA) is 95.5 Å². The summed E-state index contributed by atoms with van der Waals surface area (Å²) in [5, 5.41) is 13.3. The number of urea groups is 1. The van der Waals surface area contributed by atoms with Gasteiger partial charge in [-0.3, -0.25) is 14.9 Å². The van der Waals surface area contributed by atoms with Gasteiger partial charge in [0.25, 0.3) is 0 Å². The molecule has 0 aliphatic rings. The van der Waals surface area contributed by atoms with E-state index in [1.165, 1.54) is 0 Å². The summed E-state index contributed by atoms with van der Waals surface area (Å²) in [5.74, 6) is -1.84. The van der Waals surface area contributed by atoms with E-state index >= 15 is 0 Å². The zero-order valence-electron chi connectivity index (χ0n) is 11.2. The lowest BCUT2D eigenvalue weighted by molar-refractivity contribution is -0.138. The molecule has 0 aliphatic carbocycles. The Hall–Kier alpha value is -1.41. The molecule has 0 saturated carbocycles. The maximum Gasteiger partial charge on any atom is 0.325 e. The molecule has 0 aromatic heterocycles. The fraction of sp³-hybridized carbons (Fsp3) is 0.308. The summed E-state index contributed by atoms with van der Waals surface area (Å²) in [4.78, 5) is 33.8. The predicted octanol–water partition coefficient (Wildman–Crippen LogP) is 3.36. The molecule has 0 bridgehead atoms. The number of imide groups is 1. The van der Waals surface area contributed by atoms with Crippen molar-refractivity contribution < 1.29 is 19.5 Å². The molecule has 0 heterocycles. The third-order valence-corrected chi connectivity index (χ3v) is 3.67. The number of carboxylic acid groups (broad SMARTS) is 1. The van der Waals surface area contributed by atoms with Crippen LogP contribution in [0.4, 0.5) is 10.5 Å². The molecule has 1 aromatic carbocycles. The molecule has 1 unspecified atom stereocenters. The quantitative estimate of drug-likeness (QED) is 0.679. The second-order valence-corrected chi connectivity index (χ2v) is 6.30. The van der Waals surface area contributed by atoms with E-state index in [4.69, 9.17) is 5.11 Å². The van der Waals surface area contributed by atoms with Crippen LogP contribution >= 0.6 is 31.9 Å². The first kappa shape index (κ1) is 17.6. The molecule has 1 aromatic rings. The van der Waals surface area contributed by atoms with Crippen LogP contribution < -0.4 is 10.6 Å². The van der Waals surface area contributed by atoms with Crippen LogP contribution in [0.2, 0.25) is 0 Å². The number of carbonyl (C=O) groups is 3. The highest BCUT2D eigenvalue weighted by atomic mass is 79.9. The second kappa shape index (κ2) is 8.14. The van der Waals surface area contributed by atoms with Crippen LogP contribution in [0.15, 0.2) is 27.1 Å². The van der Waals surface area contributed by atoms with E-state index in [0.717, 1.165) is 4.47 Å². The number of halogens is 2. The first-order valence-corrected chi connectivity index (χ1v) is 7.64. The zero-order valence-corrected chi connectivity index (χ0v) is 14.3. The number of amides is 3. The third kappa shape index (κ3) is 6.72. The Labute approximate surface area is 138 Å². The fourth-order valence-electron chi connectivity index (χ4n) is 1.61. The molecule has 3 N–H and O–H groups in total. The van der Waals surface area contributed by atoms with E-state index in [2.05, 4.69) is 42.5 Å². The highest BCUT2D eigenvalue weighted by molar-refractivity contribution is 9.11. The molecule has 1 atom stereocenters. The van der Waals surface area contributed by atoms with E-state index in [0.29, 0.717) is 10.2 Å². The molecule has 8 heteroatoms. The summed E-state index contributed by atoms with van der Waals surface area (Å²) in [6, 6.07) is 4.56. The van der Waals surface area contributed by atoms with Gasteiger partial charge in [0.1, 0.15) is 0 Å². The molecule has 0 fully saturated rings. The van der Waals surface area contributed by atoms with Gasteiger partial charge in [0.05, 0.1) is 5.69 Å². The van der Waals surface area contributed by atoms with Gasteiger partial charge in [0, 0.05) is 21.8 Å². The summed E-state index contributed by atoms with van der Waals surface area (Å²) in [7, 11) is 0. The van der Waals surface area contributed by atoms with E-state index in [9.17, 15) is 14.4 Å². The minimum Gasteiger partial charge on any atom is -0.481 e. The van der Waals surface area contributed by atoms with Crippen LogP contribution in [0.1, 0.15) is 19.8 Å². The normalized spacial score (nSPS) is 11.6. The van der Waals surface area contributed by atoms with Gasteiger partial charge in [-0.2, -0.15) is 0 Å². The molecule has 1 rings (SSSR count). The second-order valence-electron chi connectivity index (χ2n) is 4.53. The van der Waals surface area contributed by atoms with Crippen molar-refractivity contribution in [2.75, 3.05) is 5.32 Å². The lowest BCUT2D eigenvalue weighted by atomic mass is 10.0. The Kier molecular flexibility index (Phi) is 6.83. The van der Waals surface area contributed by atoms with Gasteiger partial charge in [0.15, 0.2) is 0 Å². The number of carboxylic acids is 1. The van der Waals surface area contributed by atoms with Crippen molar-refractivity contribution >= 4 is 55.5 Å². The van der Waals surface area contributed by atoms with Crippen molar-refractivity contribution in [2.45, 2.75) is 19.8 Å². The Morgan fingerprint density at radius 2 is 1.90 bits per heavy atom. The van der Waals surface area contributed by atoms with Gasteiger partial charge in [-0.1, -0.05) is 22.9 Å². The third-order valence-electron chi connectivity index (χ3n) is 2.49. The average Bonchev–Trinajstić information content (AvgIpc) is 2.32. The smallest absolute Gasteiger partial charge is 0.325 e. The van der Waals surface area contributed by atoms with Crippen molar-refractivity contribution in [3.8, 4) is 0 Å². The summed E-state index contributed by atoms with van der Waals surface area (Å²) >= 11 is 6.56. The first-order chi connectivity index (χ1) is 9.77. The molecular weight excluding hydrogens is 408 g/mol. The predicted molar refractivity (Wildman–Crippen MR) is 85.0 cm³/mol. The highest BCUT2D eigenvalue weighted by Crippen LogP contribution is 2.25. The van der Waals surface area contributed by atoms with Crippen molar-refractivity contribution in [2.24, 2.45) is 5.92 Å². The number of anilines is 1. The van der Waals surface area contributed by atoms with Crippen molar-refractivity contribution in [1.82, 2.24) is 5.32 Å². The average molecular weight is 422 g/mol. The van der Waals surface area contributed by atoms with Crippen LogP contribution in [-0.2, 0) is 9.59 Å². The van der Waals surface area contributed by atoms with Crippen molar-refractivity contribution in [1.29, 1.82) is 0 Å². The number of aliphatic carboxylic acids is 1. The zero-order chi connectivity index (χ0) is 16.0. The van der Waals surface area contributed by atoms with E-state index in [1.807, 2.05) is 0 Å². The minimum atomic E-state index is -0.974.